The molecule has 0 bridgehead atoms. The molecule has 3 rings (SSSR count). The Morgan fingerprint density at radius 3 is 2.73 bits per heavy atom. The van der Waals surface area contributed by atoms with Crippen LogP contribution in [0.5, 0.6) is 0 Å². The van der Waals surface area contributed by atoms with Crippen molar-refractivity contribution >= 4 is 29.9 Å². The molecule has 1 unspecified atom stereocenters. The predicted molar refractivity (Wildman–Crippen MR) is 116 cm³/mol. The third-order valence-electron chi connectivity index (χ3n) is 5.00. The van der Waals surface area contributed by atoms with Gasteiger partial charge in [-0.15, -0.1) is 24.0 Å². The van der Waals surface area contributed by atoms with Gasteiger partial charge in [-0.3, -0.25) is 4.99 Å². The molecule has 1 atom stereocenters. The Bertz CT molecular complexity index is 694. The van der Waals surface area contributed by atoms with Crippen molar-refractivity contribution in [3.05, 3.63) is 52.9 Å². The lowest BCUT2D eigenvalue weighted by atomic mass is 9.99. The smallest absolute Gasteiger partial charge is 0.193 e. The number of nitrogens with zero attached hydrogens (tertiary/aromatic N) is 3. The zero-order valence-corrected chi connectivity index (χ0v) is 18.2. The summed E-state index contributed by atoms with van der Waals surface area (Å²) >= 11 is 0. The lowest BCUT2D eigenvalue weighted by molar-refractivity contribution is 0.392. The van der Waals surface area contributed by atoms with Gasteiger partial charge in [0.2, 0.25) is 0 Å². The number of hydrogen-bond donors (Lipinski definition) is 1. The van der Waals surface area contributed by atoms with E-state index in [1.165, 1.54) is 17.5 Å². The Kier molecular flexibility index (Phi) is 7.93. The number of aromatic nitrogens is 1. The van der Waals surface area contributed by atoms with E-state index >= 15 is 0 Å². The number of guanidine groups is 1. The maximum atomic E-state index is 5.23. The lowest BCUT2D eigenvalue weighted by Crippen LogP contribution is -2.41. The topological polar surface area (TPSA) is 53.7 Å². The molecular formula is C20H29IN4O. The molecule has 2 aromatic rings. The van der Waals surface area contributed by atoms with Gasteiger partial charge in [0.1, 0.15) is 5.76 Å². The highest BCUT2D eigenvalue weighted by molar-refractivity contribution is 14.0. The monoisotopic (exact) mass is 468 g/mol. The van der Waals surface area contributed by atoms with Crippen LogP contribution in [0.15, 0.2) is 39.8 Å². The number of nitrogens with one attached hydrogen (secondary N) is 1. The van der Waals surface area contributed by atoms with Crippen molar-refractivity contribution in [2.24, 2.45) is 10.9 Å². The summed E-state index contributed by atoms with van der Waals surface area (Å²) in [6.45, 7) is 6.95. The summed E-state index contributed by atoms with van der Waals surface area (Å²) in [6.07, 6.45) is 3.27. The van der Waals surface area contributed by atoms with Crippen molar-refractivity contribution in [3.63, 3.8) is 0 Å². The molecule has 1 aromatic carbocycles. The second-order valence-electron chi connectivity index (χ2n) is 6.82. The minimum absolute atomic E-state index is 0. The third-order valence-corrected chi connectivity index (χ3v) is 5.00. The first-order valence-corrected chi connectivity index (χ1v) is 9.08. The fraction of sp³-hybridized carbons (Fsp3) is 0.500. The van der Waals surface area contributed by atoms with Gasteiger partial charge in [0.25, 0.3) is 0 Å². The van der Waals surface area contributed by atoms with Crippen molar-refractivity contribution in [1.29, 1.82) is 0 Å². The van der Waals surface area contributed by atoms with Crippen LogP contribution in [0.3, 0.4) is 0 Å². The standard InChI is InChI=1S/C20H28N4O.HI/c1-15-19(16(2)25-23-15)9-11-22-20(21-3)24-12-10-18(14-24)13-17-7-5-4-6-8-17;/h4-8,18H,9-14H2,1-3H3,(H,21,22);1H. The second-order valence-corrected chi connectivity index (χ2v) is 6.82. The number of aryl methyl sites for hydroxylation is 2. The zero-order valence-electron chi connectivity index (χ0n) is 15.9. The predicted octanol–water partition coefficient (Wildman–Crippen LogP) is 3.59. The molecule has 1 fully saturated rings. The van der Waals surface area contributed by atoms with E-state index < -0.39 is 0 Å². The van der Waals surface area contributed by atoms with E-state index in [0.29, 0.717) is 5.92 Å². The normalized spacial score (nSPS) is 17.3. The van der Waals surface area contributed by atoms with Crippen LogP contribution in [0.2, 0.25) is 0 Å². The number of halogens is 1. The molecule has 0 radical (unpaired) electrons. The summed E-state index contributed by atoms with van der Waals surface area (Å²) < 4.78 is 5.23. The SMILES string of the molecule is CN=C(NCCc1c(C)noc1C)N1CCC(Cc2ccccc2)C1.I. The fourth-order valence-corrected chi connectivity index (χ4v) is 3.63. The van der Waals surface area contributed by atoms with Gasteiger partial charge < -0.3 is 14.7 Å². The van der Waals surface area contributed by atoms with Gasteiger partial charge in [-0.1, -0.05) is 35.5 Å². The largest absolute Gasteiger partial charge is 0.361 e. The molecule has 142 valence electrons. The van der Waals surface area contributed by atoms with Gasteiger partial charge in [-0.2, -0.15) is 0 Å². The van der Waals surface area contributed by atoms with Gasteiger partial charge in [0.15, 0.2) is 5.96 Å². The van der Waals surface area contributed by atoms with Crippen LogP contribution in [-0.4, -0.2) is 42.7 Å². The Labute approximate surface area is 173 Å². The maximum absolute atomic E-state index is 5.23. The van der Waals surface area contributed by atoms with E-state index in [1.807, 2.05) is 20.9 Å². The quantitative estimate of drug-likeness (QED) is 0.414. The first-order chi connectivity index (χ1) is 12.2. The molecule has 1 N–H and O–H groups in total. The fourth-order valence-electron chi connectivity index (χ4n) is 3.63. The maximum Gasteiger partial charge on any atom is 0.193 e. The highest BCUT2D eigenvalue weighted by Crippen LogP contribution is 2.21. The highest BCUT2D eigenvalue weighted by atomic mass is 127. The first kappa shape index (κ1) is 20.7. The van der Waals surface area contributed by atoms with E-state index in [0.717, 1.165) is 49.9 Å². The van der Waals surface area contributed by atoms with Crippen LogP contribution in [0.25, 0.3) is 0 Å². The van der Waals surface area contributed by atoms with Crippen molar-refractivity contribution in [1.82, 2.24) is 15.4 Å². The molecule has 1 aliphatic heterocycles. The van der Waals surface area contributed by atoms with E-state index in [4.69, 9.17) is 4.52 Å². The Morgan fingerprint density at radius 2 is 2.08 bits per heavy atom. The number of hydrogen-bond acceptors (Lipinski definition) is 3. The van der Waals surface area contributed by atoms with Gasteiger partial charge in [-0.25, -0.2) is 0 Å². The molecular weight excluding hydrogens is 439 g/mol. The van der Waals surface area contributed by atoms with E-state index in [1.54, 1.807) is 0 Å². The molecule has 1 aromatic heterocycles. The molecule has 1 aliphatic rings. The zero-order chi connectivity index (χ0) is 17.6. The molecule has 6 heteroatoms. The van der Waals surface area contributed by atoms with Gasteiger partial charge in [0, 0.05) is 32.2 Å². The molecule has 2 heterocycles. The summed E-state index contributed by atoms with van der Waals surface area (Å²) in [4.78, 5) is 6.84. The van der Waals surface area contributed by atoms with Crippen LogP contribution < -0.4 is 5.32 Å². The molecule has 0 aliphatic carbocycles. The second kappa shape index (κ2) is 9.94. The summed E-state index contributed by atoms with van der Waals surface area (Å²) in [6, 6.07) is 10.8. The Morgan fingerprint density at radius 1 is 1.31 bits per heavy atom. The average Bonchev–Trinajstić information content (AvgIpc) is 3.20. The molecule has 26 heavy (non-hydrogen) atoms. The van der Waals surface area contributed by atoms with Gasteiger partial charge >= 0.3 is 0 Å². The summed E-state index contributed by atoms with van der Waals surface area (Å²) in [5.41, 5.74) is 3.61. The van der Waals surface area contributed by atoms with Crippen LogP contribution in [0, 0.1) is 19.8 Å². The van der Waals surface area contributed by atoms with E-state index in [-0.39, 0.29) is 24.0 Å². The number of rotatable bonds is 5. The van der Waals surface area contributed by atoms with Crippen LogP contribution in [0.1, 0.15) is 29.0 Å². The highest BCUT2D eigenvalue weighted by Gasteiger charge is 2.24. The number of aliphatic imine (C=N–C) groups is 1. The van der Waals surface area contributed by atoms with E-state index in [9.17, 15) is 0 Å². The first-order valence-electron chi connectivity index (χ1n) is 9.08. The summed E-state index contributed by atoms with van der Waals surface area (Å²) in [7, 11) is 1.86. The minimum atomic E-state index is 0. The Balaban J connectivity index is 0.00000243. The molecule has 1 saturated heterocycles. The summed E-state index contributed by atoms with van der Waals surface area (Å²) in [5.74, 6) is 2.62. The van der Waals surface area contributed by atoms with Crippen LogP contribution in [-0.2, 0) is 12.8 Å². The van der Waals surface area contributed by atoms with Crippen LogP contribution >= 0.6 is 24.0 Å². The molecule has 0 amide bonds. The van der Waals surface area contributed by atoms with Crippen molar-refractivity contribution in [2.75, 3.05) is 26.7 Å². The molecule has 5 nitrogen and oxygen atoms in total. The summed E-state index contributed by atoms with van der Waals surface area (Å²) in [5, 5.41) is 7.51. The van der Waals surface area contributed by atoms with Crippen LogP contribution in [0.4, 0.5) is 0 Å². The van der Waals surface area contributed by atoms with Crippen molar-refractivity contribution in [3.8, 4) is 0 Å². The third kappa shape index (κ3) is 5.22. The van der Waals surface area contributed by atoms with Gasteiger partial charge in [0.05, 0.1) is 5.69 Å². The lowest BCUT2D eigenvalue weighted by Gasteiger charge is -2.21. The van der Waals surface area contributed by atoms with Crippen molar-refractivity contribution in [2.45, 2.75) is 33.1 Å². The number of likely N-dealkylation sites (tertiary alicyclic amines) is 1. The average molecular weight is 468 g/mol. The Hall–Kier alpha value is -1.57. The van der Waals surface area contributed by atoms with E-state index in [2.05, 4.69) is 50.7 Å². The van der Waals surface area contributed by atoms with Crippen molar-refractivity contribution < 1.29 is 4.52 Å². The number of benzene rings is 1. The van der Waals surface area contributed by atoms with Gasteiger partial charge in [-0.05, 0) is 44.6 Å². The minimum Gasteiger partial charge on any atom is -0.361 e. The molecule has 0 saturated carbocycles. The molecule has 0 spiro atoms.